The number of nitrogen functional groups attached to an aromatic ring is 1. The fourth-order valence-electron chi connectivity index (χ4n) is 2.21. The molecule has 2 aromatic rings. The van der Waals surface area contributed by atoms with Crippen LogP contribution in [-0.4, -0.2) is 37.7 Å². The van der Waals surface area contributed by atoms with E-state index in [4.69, 9.17) is 10.5 Å². The maximum atomic E-state index is 12.1. The van der Waals surface area contributed by atoms with Crippen molar-refractivity contribution in [3.63, 3.8) is 0 Å². The first-order chi connectivity index (χ1) is 10.5. The van der Waals surface area contributed by atoms with Crippen LogP contribution in [0.5, 0.6) is 0 Å². The molecule has 3 rings (SSSR count). The topological polar surface area (TPSA) is 94.3 Å². The molecule has 0 saturated carbocycles. The van der Waals surface area contributed by atoms with Crippen molar-refractivity contribution in [2.45, 2.75) is 23.2 Å². The van der Waals surface area contributed by atoms with Crippen molar-refractivity contribution in [2.75, 3.05) is 24.0 Å². The van der Waals surface area contributed by atoms with Crippen molar-refractivity contribution in [2.24, 2.45) is 0 Å². The molecule has 0 unspecified atom stereocenters. The van der Waals surface area contributed by atoms with Gasteiger partial charge in [-0.3, -0.25) is 0 Å². The number of hydrogen-bond acceptors (Lipinski definition) is 7. The molecule has 0 atom stereocenters. The Bertz CT molecular complexity index is 754. The van der Waals surface area contributed by atoms with Gasteiger partial charge in [-0.05, 0) is 31.0 Å². The number of nitrogens with zero attached hydrogens (tertiary/aromatic N) is 1. The summed E-state index contributed by atoms with van der Waals surface area (Å²) in [4.78, 5) is 4.42. The smallest absolute Gasteiger partial charge is 0.221 e. The number of nitrogens with one attached hydrogen (secondary N) is 1. The first-order valence-corrected chi connectivity index (χ1v) is 10.3. The highest BCUT2D eigenvalue weighted by Gasteiger charge is 2.21. The maximum absolute atomic E-state index is 12.1. The number of anilines is 1. The molecule has 1 aromatic heterocycles. The monoisotopic (exact) mass is 359 g/mol. The molecule has 1 aliphatic heterocycles. The fraction of sp³-hybridized carbons (Fsp3) is 0.462. The third-order valence-electron chi connectivity index (χ3n) is 3.30. The molecule has 1 aromatic carbocycles. The second-order valence-electron chi connectivity index (χ2n) is 5.09. The third kappa shape index (κ3) is 4.11. The lowest BCUT2D eigenvalue weighted by Crippen LogP contribution is -2.39. The largest absolute Gasteiger partial charge is 0.399 e. The van der Waals surface area contributed by atoms with Crippen LogP contribution in [0.25, 0.3) is 10.2 Å². The van der Waals surface area contributed by atoms with Crippen LogP contribution in [-0.2, 0) is 14.8 Å². The van der Waals surface area contributed by atoms with Gasteiger partial charge >= 0.3 is 0 Å². The number of aromatic nitrogens is 1. The Hall–Kier alpha value is -0.870. The minimum absolute atomic E-state index is 0.0190. The molecule has 0 amide bonds. The Morgan fingerprint density at radius 3 is 2.95 bits per heavy atom. The number of hydrogen-bond donors (Lipinski definition) is 2. The van der Waals surface area contributed by atoms with Gasteiger partial charge in [0, 0.05) is 24.9 Å². The Balaban J connectivity index is 1.62. The number of sulfonamides is 1. The number of nitrogens with two attached hydrogens (primary N) is 1. The zero-order chi connectivity index (χ0) is 15.6. The van der Waals surface area contributed by atoms with E-state index in [1.54, 1.807) is 6.07 Å². The first kappa shape index (κ1) is 16.0. The zero-order valence-corrected chi connectivity index (χ0v) is 14.3. The highest BCUT2D eigenvalue weighted by molar-refractivity contribution is 8.12. The van der Waals surface area contributed by atoms with E-state index in [2.05, 4.69) is 9.71 Å². The van der Waals surface area contributed by atoms with Crippen molar-refractivity contribution >= 4 is 49.0 Å². The lowest BCUT2D eigenvalue weighted by molar-refractivity contribution is 0.0832. The molecule has 120 valence electrons. The molecule has 2 heterocycles. The Kier molecular flexibility index (Phi) is 4.88. The van der Waals surface area contributed by atoms with Gasteiger partial charge < -0.3 is 10.5 Å². The molecule has 0 aliphatic carbocycles. The van der Waals surface area contributed by atoms with Crippen LogP contribution >= 0.6 is 23.1 Å². The first-order valence-electron chi connectivity index (χ1n) is 6.88. The molecule has 0 radical (unpaired) electrons. The van der Waals surface area contributed by atoms with Crippen LogP contribution in [0, 0.1) is 0 Å². The zero-order valence-electron chi connectivity index (χ0n) is 11.8. The van der Waals surface area contributed by atoms with E-state index in [1.165, 1.54) is 23.1 Å². The van der Waals surface area contributed by atoms with Gasteiger partial charge in [0.15, 0.2) is 4.34 Å². The summed E-state index contributed by atoms with van der Waals surface area (Å²) < 4.78 is 33.9. The summed E-state index contributed by atoms with van der Waals surface area (Å²) >= 11 is 2.69. The average molecular weight is 359 g/mol. The van der Waals surface area contributed by atoms with Gasteiger partial charge in [-0.15, -0.1) is 11.3 Å². The summed E-state index contributed by atoms with van der Waals surface area (Å²) in [7, 11) is -3.33. The molecular weight excluding hydrogens is 342 g/mol. The van der Waals surface area contributed by atoms with Gasteiger partial charge in [-0.25, -0.2) is 18.1 Å². The number of rotatable bonds is 5. The predicted molar refractivity (Wildman–Crippen MR) is 90.7 cm³/mol. The van der Waals surface area contributed by atoms with Gasteiger partial charge in [-0.2, -0.15) is 0 Å². The van der Waals surface area contributed by atoms with E-state index in [9.17, 15) is 8.42 Å². The normalized spacial score (nSPS) is 17.1. The lowest BCUT2D eigenvalue weighted by Gasteiger charge is -2.22. The van der Waals surface area contributed by atoms with Gasteiger partial charge in [0.2, 0.25) is 10.0 Å². The summed E-state index contributed by atoms with van der Waals surface area (Å²) in [6.07, 6.45) is 1.45. The Morgan fingerprint density at radius 2 is 2.18 bits per heavy atom. The van der Waals surface area contributed by atoms with E-state index >= 15 is 0 Å². The SMILES string of the molecule is Nc1ccc2nc(SCS(=O)(=O)NC3CCOCC3)sc2c1. The van der Waals surface area contributed by atoms with Gasteiger partial charge in [0.05, 0.1) is 10.2 Å². The maximum Gasteiger partial charge on any atom is 0.221 e. The van der Waals surface area contributed by atoms with Crippen molar-refractivity contribution in [1.82, 2.24) is 9.71 Å². The summed E-state index contributed by atoms with van der Waals surface area (Å²) in [6.45, 7) is 1.22. The standard InChI is InChI=1S/C13H17N3O3S3/c14-9-1-2-11-12(7-9)21-13(15-11)20-8-22(17,18)16-10-3-5-19-6-4-10/h1-2,7,10,16H,3-6,8,14H2. The predicted octanol–water partition coefficient (Wildman–Crippen LogP) is 2.03. The summed E-state index contributed by atoms with van der Waals surface area (Å²) in [5.41, 5.74) is 7.26. The summed E-state index contributed by atoms with van der Waals surface area (Å²) in [6, 6.07) is 5.47. The van der Waals surface area contributed by atoms with E-state index in [-0.39, 0.29) is 11.1 Å². The fourth-order valence-corrected chi connectivity index (χ4v) is 6.10. The molecule has 6 nitrogen and oxygen atoms in total. The molecular formula is C13H17N3O3S3. The molecule has 0 bridgehead atoms. The Morgan fingerprint density at radius 1 is 1.41 bits per heavy atom. The molecule has 1 fully saturated rings. The van der Waals surface area contributed by atoms with Crippen molar-refractivity contribution in [3.05, 3.63) is 18.2 Å². The van der Waals surface area contributed by atoms with Crippen molar-refractivity contribution in [3.8, 4) is 0 Å². The van der Waals surface area contributed by atoms with E-state index in [1.807, 2.05) is 12.1 Å². The van der Waals surface area contributed by atoms with Crippen LogP contribution in [0.3, 0.4) is 0 Å². The highest BCUT2D eigenvalue weighted by atomic mass is 32.3. The van der Waals surface area contributed by atoms with E-state index in [0.29, 0.717) is 18.9 Å². The van der Waals surface area contributed by atoms with Crippen LogP contribution in [0.1, 0.15) is 12.8 Å². The minimum Gasteiger partial charge on any atom is -0.399 e. The van der Waals surface area contributed by atoms with E-state index < -0.39 is 10.0 Å². The Labute approximate surface area is 137 Å². The number of thioether (sulfide) groups is 1. The van der Waals surface area contributed by atoms with Crippen LogP contribution in [0.15, 0.2) is 22.5 Å². The molecule has 1 aliphatic rings. The van der Waals surface area contributed by atoms with Crippen molar-refractivity contribution in [1.29, 1.82) is 0 Å². The molecule has 0 spiro atoms. The van der Waals surface area contributed by atoms with Gasteiger partial charge in [0.1, 0.15) is 5.08 Å². The number of ether oxygens (including phenoxy) is 1. The van der Waals surface area contributed by atoms with Crippen LogP contribution < -0.4 is 10.5 Å². The van der Waals surface area contributed by atoms with Crippen LogP contribution in [0.2, 0.25) is 0 Å². The van der Waals surface area contributed by atoms with E-state index in [0.717, 1.165) is 27.4 Å². The second kappa shape index (κ2) is 6.71. The second-order valence-corrected chi connectivity index (χ2v) is 9.46. The highest BCUT2D eigenvalue weighted by Crippen LogP contribution is 2.31. The lowest BCUT2D eigenvalue weighted by atomic mass is 10.1. The summed E-state index contributed by atoms with van der Waals surface area (Å²) in [5.74, 6) is 0. The summed E-state index contributed by atoms with van der Waals surface area (Å²) in [5, 5.41) is -0.0281. The van der Waals surface area contributed by atoms with Crippen LogP contribution in [0.4, 0.5) is 5.69 Å². The molecule has 3 N–H and O–H groups in total. The number of benzene rings is 1. The average Bonchev–Trinajstić information content (AvgIpc) is 2.88. The molecule has 22 heavy (non-hydrogen) atoms. The molecule has 1 saturated heterocycles. The van der Waals surface area contributed by atoms with Crippen molar-refractivity contribution < 1.29 is 13.2 Å². The molecule has 9 heteroatoms. The number of fused-ring (bicyclic) bond motifs is 1. The van der Waals surface area contributed by atoms with Gasteiger partial charge in [-0.1, -0.05) is 11.8 Å². The minimum atomic E-state index is -3.33. The van der Waals surface area contributed by atoms with Gasteiger partial charge in [0.25, 0.3) is 0 Å². The number of thiazole rings is 1. The third-order valence-corrected chi connectivity index (χ3v) is 7.46. The quantitative estimate of drug-likeness (QED) is 0.627.